The number of benzene rings is 1. The van der Waals surface area contributed by atoms with Crippen LogP contribution in [0.25, 0.3) is 0 Å². The molecule has 0 saturated carbocycles. The van der Waals surface area contributed by atoms with Crippen LogP contribution in [-0.2, 0) is 16.0 Å². The number of halogens is 1. The molecule has 2 aromatic rings. The average Bonchev–Trinajstić information content (AvgIpc) is 3.04. The van der Waals surface area contributed by atoms with Crippen LogP contribution in [0.3, 0.4) is 0 Å². The summed E-state index contributed by atoms with van der Waals surface area (Å²) >= 11 is 1.40. The van der Waals surface area contributed by atoms with Gasteiger partial charge in [-0.05, 0) is 24.3 Å². The Morgan fingerprint density at radius 1 is 1.25 bits per heavy atom. The van der Waals surface area contributed by atoms with E-state index >= 15 is 0 Å². The van der Waals surface area contributed by atoms with Crippen LogP contribution in [0.4, 0.5) is 15.2 Å². The van der Waals surface area contributed by atoms with Gasteiger partial charge in [0.2, 0.25) is 12.3 Å². The van der Waals surface area contributed by atoms with E-state index in [9.17, 15) is 14.0 Å². The number of anilines is 2. The summed E-state index contributed by atoms with van der Waals surface area (Å²) in [7, 11) is 0. The molecule has 0 radical (unpaired) electrons. The lowest BCUT2D eigenvalue weighted by Crippen LogP contribution is -2.48. The molecule has 126 valence electrons. The van der Waals surface area contributed by atoms with Gasteiger partial charge in [-0.3, -0.25) is 9.59 Å². The maximum Gasteiger partial charge on any atom is 0.228 e. The van der Waals surface area contributed by atoms with E-state index in [-0.39, 0.29) is 18.1 Å². The molecule has 3 rings (SSSR count). The van der Waals surface area contributed by atoms with Crippen molar-refractivity contribution in [1.29, 1.82) is 0 Å². The fraction of sp³-hybridized carbons (Fsp3) is 0.312. The summed E-state index contributed by atoms with van der Waals surface area (Å²) in [5.41, 5.74) is 1.45. The van der Waals surface area contributed by atoms with Crippen molar-refractivity contribution in [2.75, 3.05) is 31.5 Å². The number of hydrogen-bond acceptors (Lipinski definition) is 5. The fourth-order valence-corrected chi connectivity index (χ4v) is 3.18. The maximum absolute atomic E-state index is 12.9. The molecule has 1 saturated heterocycles. The third-order valence-electron chi connectivity index (χ3n) is 3.80. The first-order valence-corrected chi connectivity index (χ1v) is 8.46. The third kappa shape index (κ3) is 4.08. The molecule has 2 heterocycles. The van der Waals surface area contributed by atoms with Gasteiger partial charge in [0.25, 0.3) is 0 Å². The molecule has 8 heteroatoms. The van der Waals surface area contributed by atoms with E-state index < -0.39 is 0 Å². The molecule has 0 unspecified atom stereocenters. The summed E-state index contributed by atoms with van der Waals surface area (Å²) in [5.74, 6) is -0.278. The number of rotatable bonds is 5. The third-order valence-corrected chi connectivity index (χ3v) is 4.60. The summed E-state index contributed by atoms with van der Waals surface area (Å²) in [5, 5.41) is 5.59. The normalized spacial score (nSPS) is 14.5. The van der Waals surface area contributed by atoms with Crippen LogP contribution in [0, 0.1) is 5.82 Å². The van der Waals surface area contributed by atoms with Crippen molar-refractivity contribution >= 4 is 34.5 Å². The molecule has 24 heavy (non-hydrogen) atoms. The zero-order chi connectivity index (χ0) is 16.9. The lowest BCUT2D eigenvalue weighted by molar-refractivity contribution is -0.134. The minimum atomic E-state index is -0.291. The van der Waals surface area contributed by atoms with Gasteiger partial charge >= 0.3 is 0 Å². The number of nitrogens with zero attached hydrogens (tertiary/aromatic N) is 3. The Morgan fingerprint density at radius 3 is 2.62 bits per heavy atom. The van der Waals surface area contributed by atoms with Crippen molar-refractivity contribution in [3.05, 3.63) is 41.2 Å². The Kier molecular flexibility index (Phi) is 5.05. The van der Waals surface area contributed by atoms with Gasteiger partial charge in [0.15, 0.2) is 5.13 Å². The van der Waals surface area contributed by atoms with Crippen LogP contribution in [0.15, 0.2) is 29.6 Å². The highest BCUT2D eigenvalue weighted by Gasteiger charge is 2.21. The van der Waals surface area contributed by atoms with Crippen LogP contribution < -0.4 is 5.32 Å². The van der Waals surface area contributed by atoms with Gasteiger partial charge < -0.3 is 15.1 Å². The monoisotopic (exact) mass is 348 g/mol. The van der Waals surface area contributed by atoms with E-state index in [4.69, 9.17) is 0 Å². The molecule has 6 nitrogen and oxygen atoms in total. The van der Waals surface area contributed by atoms with E-state index in [1.807, 2.05) is 5.38 Å². The standard InChI is InChI=1S/C16H17FN4O2S/c17-12-1-3-13(4-2-12)18-16-19-14(10-24-16)9-15(23)21-7-5-20(11-22)6-8-21/h1-4,10-11H,5-9H2,(H,18,19). The van der Waals surface area contributed by atoms with Gasteiger partial charge in [0, 0.05) is 37.2 Å². The Balaban J connectivity index is 1.55. The second kappa shape index (κ2) is 7.39. The quantitative estimate of drug-likeness (QED) is 0.838. The van der Waals surface area contributed by atoms with E-state index in [2.05, 4.69) is 10.3 Å². The largest absolute Gasteiger partial charge is 0.342 e. The molecule has 1 aliphatic rings. The highest BCUT2D eigenvalue weighted by molar-refractivity contribution is 7.13. The molecule has 1 aliphatic heterocycles. The van der Waals surface area contributed by atoms with Crippen molar-refractivity contribution in [2.24, 2.45) is 0 Å². The molecule has 1 N–H and O–H groups in total. The van der Waals surface area contributed by atoms with Crippen molar-refractivity contribution in [3.8, 4) is 0 Å². The van der Waals surface area contributed by atoms with Crippen molar-refractivity contribution < 1.29 is 14.0 Å². The fourth-order valence-electron chi connectivity index (χ4n) is 2.45. The zero-order valence-electron chi connectivity index (χ0n) is 12.9. The number of aromatic nitrogens is 1. The predicted molar refractivity (Wildman–Crippen MR) is 89.7 cm³/mol. The van der Waals surface area contributed by atoms with Crippen LogP contribution in [0.5, 0.6) is 0 Å². The minimum Gasteiger partial charge on any atom is -0.342 e. The highest BCUT2D eigenvalue weighted by atomic mass is 32.1. The van der Waals surface area contributed by atoms with Crippen LogP contribution in [0.2, 0.25) is 0 Å². The molecule has 0 bridgehead atoms. The molecule has 0 aliphatic carbocycles. The average molecular weight is 348 g/mol. The molecule has 0 atom stereocenters. The molecule has 1 aromatic heterocycles. The first kappa shape index (κ1) is 16.4. The second-order valence-electron chi connectivity index (χ2n) is 5.47. The van der Waals surface area contributed by atoms with Crippen LogP contribution in [-0.4, -0.2) is 53.3 Å². The number of thiazole rings is 1. The van der Waals surface area contributed by atoms with E-state index in [1.165, 1.54) is 23.5 Å². The first-order valence-electron chi connectivity index (χ1n) is 7.58. The number of nitrogens with one attached hydrogen (secondary N) is 1. The summed E-state index contributed by atoms with van der Waals surface area (Å²) in [6.07, 6.45) is 1.05. The first-order chi connectivity index (χ1) is 11.6. The Labute approximate surface area is 142 Å². The lowest BCUT2D eigenvalue weighted by Gasteiger charge is -2.32. The lowest BCUT2D eigenvalue weighted by atomic mass is 10.2. The Hall–Kier alpha value is -2.48. The molecule has 2 amide bonds. The van der Waals surface area contributed by atoms with Gasteiger partial charge in [-0.1, -0.05) is 0 Å². The van der Waals surface area contributed by atoms with E-state index in [0.29, 0.717) is 37.0 Å². The van der Waals surface area contributed by atoms with Gasteiger partial charge in [-0.25, -0.2) is 9.37 Å². The van der Waals surface area contributed by atoms with Gasteiger partial charge in [0.05, 0.1) is 12.1 Å². The Morgan fingerprint density at radius 2 is 1.96 bits per heavy atom. The number of carbonyl (C=O) groups excluding carboxylic acids is 2. The number of carbonyl (C=O) groups is 2. The minimum absolute atomic E-state index is 0.0131. The van der Waals surface area contributed by atoms with Crippen molar-refractivity contribution in [1.82, 2.24) is 14.8 Å². The zero-order valence-corrected chi connectivity index (χ0v) is 13.8. The SMILES string of the molecule is O=CN1CCN(C(=O)Cc2csc(Nc3ccc(F)cc3)n2)CC1. The Bertz CT molecular complexity index is 711. The topological polar surface area (TPSA) is 65.5 Å². The summed E-state index contributed by atoms with van der Waals surface area (Å²) in [6, 6.07) is 6.01. The molecular weight excluding hydrogens is 331 g/mol. The summed E-state index contributed by atoms with van der Waals surface area (Å²) < 4.78 is 12.9. The number of hydrogen-bond donors (Lipinski definition) is 1. The summed E-state index contributed by atoms with van der Waals surface area (Å²) in [4.78, 5) is 30.8. The van der Waals surface area contributed by atoms with E-state index in [0.717, 1.165) is 12.1 Å². The van der Waals surface area contributed by atoms with E-state index in [1.54, 1.807) is 21.9 Å². The van der Waals surface area contributed by atoms with Gasteiger partial charge in [-0.15, -0.1) is 11.3 Å². The highest BCUT2D eigenvalue weighted by Crippen LogP contribution is 2.21. The molecule has 1 fully saturated rings. The van der Waals surface area contributed by atoms with Gasteiger partial charge in [0.1, 0.15) is 5.82 Å². The molecular formula is C16H17FN4O2S. The van der Waals surface area contributed by atoms with Gasteiger partial charge in [-0.2, -0.15) is 0 Å². The predicted octanol–water partition coefficient (Wildman–Crippen LogP) is 1.87. The second-order valence-corrected chi connectivity index (χ2v) is 6.33. The van der Waals surface area contributed by atoms with Crippen LogP contribution in [0.1, 0.15) is 5.69 Å². The van der Waals surface area contributed by atoms with Crippen molar-refractivity contribution in [2.45, 2.75) is 6.42 Å². The van der Waals surface area contributed by atoms with Crippen molar-refractivity contribution in [3.63, 3.8) is 0 Å². The number of piperazine rings is 1. The smallest absolute Gasteiger partial charge is 0.228 e. The van der Waals surface area contributed by atoms with Crippen LogP contribution >= 0.6 is 11.3 Å². The molecule has 1 aromatic carbocycles. The molecule has 0 spiro atoms. The maximum atomic E-state index is 12.9. The summed E-state index contributed by atoms with van der Waals surface area (Å²) in [6.45, 7) is 2.26. The number of amides is 2.